The predicted molar refractivity (Wildman–Crippen MR) is 78.3 cm³/mol. The lowest BCUT2D eigenvalue weighted by atomic mass is 10.3. The van der Waals surface area contributed by atoms with Gasteiger partial charge in [-0.25, -0.2) is 4.79 Å². The Hall–Kier alpha value is -2.35. The van der Waals surface area contributed by atoms with Crippen molar-refractivity contribution in [3.63, 3.8) is 0 Å². The number of carbonyl (C=O) groups is 3. The van der Waals surface area contributed by atoms with Crippen molar-refractivity contribution in [2.75, 3.05) is 39.3 Å². The summed E-state index contributed by atoms with van der Waals surface area (Å²) in [6.45, 7) is 4.58. The van der Waals surface area contributed by atoms with Gasteiger partial charge in [-0.3, -0.25) is 19.8 Å². The van der Waals surface area contributed by atoms with Crippen molar-refractivity contribution in [1.29, 1.82) is 0 Å². The van der Waals surface area contributed by atoms with Gasteiger partial charge in [-0.1, -0.05) is 0 Å². The Bertz CT molecular complexity index is 521. The van der Waals surface area contributed by atoms with Gasteiger partial charge in [0.05, 0.1) is 12.8 Å². The number of amides is 4. The smallest absolute Gasteiger partial charge is 0.321 e. The zero-order valence-corrected chi connectivity index (χ0v) is 12.5. The van der Waals surface area contributed by atoms with Crippen LogP contribution in [0.2, 0.25) is 0 Å². The van der Waals surface area contributed by atoms with Crippen molar-refractivity contribution >= 4 is 17.8 Å². The summed E-state index contributed by atoms with van der Waals surface area (Å²) < 4.78 is 5.09. The fourth-order valence-corrected chi connectivity index (χ4v) is 2.24. The van der Waals surface area contributed by atoms with Crippen LogP contribution >= 0.6 is 0 Å². The minimum Gasteiger partial charge on any atom is -0.459 e. The molecule has 1 aromatic rings. The number of nitrogens with one attached hydrogen (secondary N) is 2. The van der Waals surface area contributed by atoms with Gasteiger partial charge in [0.1, 0.15) is 0 Å². The van der Waals surface area contributed by atoms with Gasteiger partial charge in [-0.05, 0) is 19.1 Å². The number of urea groups is 1. The first kappa shape index (κ1) is 16.0. The molecule has 0 radical (unpaired) electrons. The van der Waals surface area contributed by atoms with Gasteiger partial charge in [0.2, 0.25) is 5.91 Å². The summed E-state index contributed by atoms with van der Waals surface area (Å²) in [6.07, 6.45) is 1.47. The minimum atomic E-state index is -0.487. The molecule has 1 aliphatic heterocycles. The lowest BCUT2D eigenvalue weighted by Gasteiger charge is -2.33. The molecule has 22 heavy (non-hydrogen) atoms. The zero-order valence-electron chi connectivity index (χ0n) is 12.5. The Morgan fingerprint density at radius 2 is 1.95 bits per heavy atom. The Morgan fingerprint density at radius 1 is 1.23 bits per heavy atom. The predicted octanol–water partition coefficient (Wildman–Crippen LogP) is -0.117. The molecule has 2 N–H and O–H groups in total. The first-order chi connectivity index (χ1) is 10.6. The van der Waals surface area contributed by atoms with E-state index < -0.39 is 6.03 Å². The maximum absolute atomic E-state index is 12.1. The van der Waals surface area contributed by atoms with Crippen LogP contribution in [-0.2, 0) is 4.79 Å². The molecule has 0 saturated carbocycles. The molecule has 1 aromatic heterocycles. The lowest BCUT2D eigenvalue weighted by molar-refractivity contribution is -0.121. The molecule has 2 rings (SSSR count). The normalized spacial score (nSPS) is 15.4. The van der Waals surface area contributed by atoms with Crippen molar-refractivity contribution in [2.24, 2.45) is 0 Å². The number of rotatable bonds is 4. The molecule has 0 aliphatic carbocycles. The summed E-state index contributed by atoms with van der Waals surface area (Å²) in [4.78, 5) is 38.6. The van der Waals surface area contributed by atoms with Crippen LogP contribution < -0.4 is 10.6 Å². The van der Waals surface area contributed by atoms with E-state index in [9.17, 15) is 14.4 Å². The standard InChI is InChI=1S/C14H20N4O4/c1-2-15-14(21)16-12(19)10-17-5-7-18(8-6-17)13(20)11-4-3-9-22-11/h3-4,9H,2,5-8,10H2,1H3,(H2,15,16,19,21). The fraction of sp³-hybridized carbons (Fsp3) is 0.500. The quantitative estimate of drug-likeness (QED) is 0.809. The molecule has 1 saturated heterocycles. The van der Waals surface area contributed by atoms with Crippen LogP contribution in [0.25, 0.3) is 0 Å². The molecule has 8 heteroatoms. The largest absolute Gasteiger partial charge is 0.459 e. The molecule has 0 atom stereocenters. The number of piperazine rings is 1. The van der Waals surface area contributed by atoms with Crippen molar-refractivity contribution < 1.29 is 18.8 Å². The maximum atomic E-state index is 12.1. The van der Waals surface area contributed by atoms with E-state index in [1.165, 1.54) is 6.26 Å². The van der Waals surface area contributed by atoms with Crippen LogP contribution in [0.5, 0.6) is 0 Å². The van der Waals surface area contributed by atoms with Crippen LogP contribution in [0.15, 0.2) is 22.8 Å². The summed E-state index contributed by atoms with van der Waals surface area (Å²) in [7, 11) is 0. The SMILES string of the molecule is CCNC(=O)NC(=O)CN1CCN(C(=O)c2ccco2)CC1. The topological polar surface area (TPSA) is 94.9 Å². The van der Waals surface area contributed by atoms with Crippen molar-refractivity contribution in [1.82, 2.24) is 20.4 Å². The number of carbonyl (C=O) groups excluding carboxylic acids is 3. The number of imide groups is 1. The first-order valence-electron chi connectivity index (χ1n) is 7.23. The summed E-state index contributed by atoms with van der Waals surface area (Å²) in [5.41, 5.74) is 0. The van der Waals surface area contributed by atoms with E-state index in [1.807, 2.05) is 4.90 Å². The number of nitrogens with zero attached hydrogens (tertiary/aromatic N) is 2. The summed E-state index contributed by atoms with van der Waals surface area (Å²) in [6, 6.07) is 2.82. The summed E-state index contributed by atoms with van der Waals surface area (Å²) in [5, 5.41) is 4.76. The Balaban J connectivity index is 1.74. The molecule has 120 valence electrons. The molecular weight excluding hydrogens is 288 g/mol. The third-order valence-electron chi connectivity index (χ3n) is 3.35. The van der Waals surface area contributed by atoms with Crippen LogP contribution in [0.3, 0.4) is 0 Å². The molecular formula is C14H20N4O4. The third-order valence-corrected chi connectivity index (χ3v) is 3.35. The first-order valence-corrected chi connectivity index (χ1v) is 7.23. The van der Waals surface area contributed by atoms with Gasteiger partial charge >= 0.3 is 6.03 Å². The average Bonchev–Trinajstić information content (AvgIpc) is 3.01. The molecule has 2 heterocycles. The van der Waals surface area contributed by atoms with Gasteiger partial charge in [-0.2, -0.15) is 0 Å². The van der Waals surface area contributed by atoms with E-state index >= 15 is 0 Å². The second-order valence-electron chi connectivity index (χ2n) is 4.95. The van der Waals surface area contributed by atoms with Gasteiger partial charge in [0, 0.05) is 32.7 Å². The second-order valence-corrected chi connectivity index (χ2v) is 4.95. The second kappa shape index (κ2) is 7.60. The summed E-state index contributed by atoms with van der Waals surface area (Å²) >= 11 is 0. The maximum Gasteiger partial charge on any atom is 0.321 e. The highest BCUT2D eigenvalue weighted by Gasteiger charge is 2.24. The van der Waals surface area contributed by atoms with Crippen molar-refractivity contribution in [3.8, 4) is 0 Å². The molecule has 0 aromatic carbocycles. The molecule has 0 spiro atoms. The highest BCUT2D eigenvalue weighted by molar-refractivity contribution is 5.95. The van der Waals surface area contributed by atoms with Gasteiger partial charge in [-0.15, -0.1) is 0 Å². The van der Waals surface area contributed by atoms with Gasteiger partial charge in [0.15, 0.2) is 5.76 Å². The average molecular weight is 308 g/mol. The van der Waals surface area contributed by atoms with Crippen LogP contribution in [-0.4, -0.2) is 66.9 Å². The Morgan fingerprint density at radius 3 is 2.55 bits per heavy atom. The third kappa shape index (κ3) is 4.32. The summed E-state index contributed by atoms with van der Waals surface area (Å²) in [5.74, 6) is -0.171. The number of hydrogen-bond donors (Lipinski definition) is 2. The Labute approximate surface area is 128 Å². The molecule has 1 fully saturated rings. The van der Waals surface area contributed by atoms with E-state index in [2.05, 4.69) is 10.6 Å². The monoisotopic (exact) mass is 308 g/mol. The fourth-order valence-electron chi connectivity index (χ4n) is 2.24. The van der Waals surface area contributed by atoms with E-state index in [-0.39, 0.29) is 18.4 Å². The van der Waals surface area contributed by atoms with E-state index in [0.29, 0.717) is 38.5 Å². The van der Waals surface area contributed by atoms with Gasteiger partial charge in [0.25, 0.3) is 5.91 Å². The number of furan rings is 1. The molecule has 8 nitrogen and oxygen atoms in total. The van der Waals surface area contributed by atoms with E-state index in [1.54, 1.807) is 24.0 Å². The highest BCUT2D eigenvalue weighted by Crippen LogP contribution is 2.09. The van der Waals surface area contributed by atoms with E-state index in [4.69, 9.17) is 4.42 Å². The molecule has 0 bridgehead atoms. The Kier molecular flexibility index (Phi) is 5.54. The minimum absolute atomic E-state index is 0.139. The molecule has 1 aliphatic rings. The van der Waals surface area contributed by atoms with E-state index in [0.717, 1.165) is 0 Å². The molecule has 0 unspecified atom stereocenters. The molecule has 4 amide bonds. The van der Waals surface area contributed by atoms with Crippen LogP contribution in [0.4, 0.5) is 4.79 Å². The van der Waals surface area contributed by atoms with Crippen molar-refractivity contribution in [3.05, 3.63) is 24.2 Å². The zero-order chi connectivity index (χ0) is 15.9. The lowest BCUT2D eigenvalue weighted by Crippen LogP contribution is -2.52. The number of hydrogen-bond acceptors (Lipinski definition) is 5. The van der Waals surface area contributed by atoms with Gasteiger partial charge < -0.3 is 14.6 Å². The van der Waals surface area contributed by atoms with Crippen LogP contribution in [0.1, 0.15) is 17.5 Å². The van der Waals surface area contributed by atoms with Crippen LogP contribution in [0, 0.1) is 0 Å². The van der Waals surface area contributed by atoms with Crippen molar-refractivity contribution in [2.45, 2.75) is 6.92 Å². The highest BCUT2D eigenvalue weighted by atomic mass is 16.3.